The second-order valence-corrected chi connectivity index (χ2v) is 9.00. The van der Waals surface area contributed by atoms with Crippen molar-refractivity contribution in [2.45, 2.75) is 11.1 Å². The summed E-state index contributed by atoms with van der Waals surface area (Å²) in [7, 11) is -0.747. The van der Waals surface area contributed by atoms with Crippen molar-refractivity contribution in [3.8, 4) is 0 Å². The molecule has 0 radical (unpaired) electrons. The number of nitrogens with zero attached hydrogens (tertiary/aromatic N) is 5. The molecule has 1 aliphatic rings. The number of hydrogen-bond acceptors (Lipinski definition) is 6. The molecule has 0 unspecified atom stereocenters. The fourth-order valence-corrected chi connectivity index (χ4v) is 3.88. The van der Waals surface area contributed by atoms with Crippen LogP contribution in [0.1, 0.15) is 16.1 Å². The van der Waals surface area contributed by atoms with Crippen molar-refractivity contribution in [2.24, 2.45) is 0 Å². The topological polar surface area (TPSA) is 86.7 Å². The predicted octanol–water partition coefficient (Wildman–Crippen LogP) is 1.71. The Bertz CT molecular complexity index is 1020. The van der Waals surface area contributed by atoms with E-state index in [0.717, 1.165) is 16.7 Å². The SMILES string of the molecule is CN(C)S(=O)(=O)c1ccc(C(=O)N2CCN(c3cc(C(F)(F)F)ncn3)CC2)cc1. The van der Waals surface area contributed by atoms with Crippen molar-refractivity contribution in [2.75, 3.05) is 45.2 Å². The summed E-state index contributed by atoms with van der Waals surface area (Å²) >= 11 is 0. The van der Waals surface area contributed by atoms with Crippen LogP contribution in [-0.4, -0.2) is 73.8 Å². The van der Waals surface area contributed by atoms with Crippen LogP contribution in [0.15, 0.2) is 41.6 Å². The van der Waals surface area contributed by atoms with Crippen LogP contribution in [0.5, 0.6) is 0 Å². The predicted molar refractivity (Wildman–Crippen MR) is 102 cm³/mol. The second kappa shape index (κ2) is 8.19. The van der Waals surface area contributed by atoms with Gasteiger partial charge in [0.2, 0.25) is 10.0 Å². The number of amides is 1. The summed E-state index contributed by atoms with van der Waals surface area (Å²) in [6.07, 6.45) is -3.68. The lowest BCUT2D eigenvalue weighted by Crippen LogP contribution is -2.49. The Morgan fingerprint density at radius 1 is 1.03 bits per heavy atom. The molecular formula is C18H20F3N5O3S. The first-order valence-electron chi connectivity index (χ1n) is 8.96. The molecule has 12 heteroatoms. The molecule has 1 fully saturated rings. The van der Waals surface area contributed by atoms with Crippen LogP contribution in [-0.2, 0) is 16.2 Å². The van der Waals surface area contributed by atoms with E-state index in [4.69, 9.17) is 0 Å². The lowest BCUT2D eigenvalue weighted by atomic mass is 10.2. The molecule has 3 rings (SSSR count). The van der Waals surface area contributed by atoms with Crippen LogP contribution in [0, 0.1) is 0 Å². The molecule has 0 spiro atoms. The fourth-order valence-electron chi connectivity index (χ4n) is 2.98. The third kappa shape index (κ3) is 4.54. The number of aromatic nitrogens is 2. The molecule has 0 N–H and O–H groups in total. The Kier molecular flexibility index (Phi) is 5.99. The zero-order valence-corrected chi connectivity index (χ0v) is 17.1. The normalized spacial score (nSPS) is 15.5. The van der Waals surface area contributed by atoms with Crippen LogP contribution < -0.4 is 4.90 Å². The molecular weight excluding hydrogens is 423 g/mol. The van der Waals surface area contributed by atoms with Gasteiger partial charge in [0.05, 0.1) is 4.90 Å². The summed E-state index contributed by atoms with van der Waals surface area (Å²) in [5.74, 6) is -0.121. The highest BCUT2D eigenvalue weighted by molar-refractivity contribution is 7.89. The molecule has 1 aromatic heterocycles. The van der Waals surface area contributed by atoms with Gasteiger partial charge in [-0.2, -0.15) is 13.2 Å². The van der Waals surface area contributed by atoms with Gasteiger partial charge in [-0.25, -0.2) is 22.7 Å². The minimum atomic E-state index is -4.55. The maximum atomic E-state index is 12.8. The van der Waals surface area contributed by atoms with E-state index >= 15 is 0 Å². The molecule has 8 nitrogen and oxygen atoms in total. The quantitative estimate of drug-likeness (QED) is 0.715. The molecule has 162 valence electrons. The van der Waals surface area contributed by atoms with Gasteiger partial charge in [0.1, 0.15) is 17.8 Å². The minimum Gasteiger partial charge on any atom is -0.353 e. The third-order valence-corrected chi connectivity index (χ3v) is 6.54. The Morgan fingerprint density at radius 3 is 2.17 bits per heavy atom. The van der Waals surface area contributed by atoms with Crippen LogP contribution in [0.2, 0.25) is 0 Å². The van der Waals surface area contributed by atoms with Crippen molar-refractivity contribution in [3.05, 3.63) is 47.9 Å². The molecule has 2 heterocycles. The molecule has 2 aromatic rings. The number of sulfonamides is 1. The Morgan fingerprint density at radius 2 is 1.63 bits per heavy atom. The van der Waals surface area contributed by atoms with Gasteiger partial charge in [-0.3, -0.25) is 4.79 Å². The van der Waals surface area contributed by atoms with Crippen LogP contribution in [0.25, 0.3) is 0 Å². The summed E-state index contributed by atoms with van der Waals surface area (Å²) < 4.78 is 63.8. The second-order valence-electron chi connectivity index (χ2n) is 6.85. The average molecular weight is 443 g/mol. The number of alkyl halides is 3. The number of carbonyl (C=O) groups excluding carboxylic acids is 1. The monoisotopic (exact) mass is 443 g/mol. The van der Waals surface area contributed by atoms with Crippen molar-refractivity contribution in [1.82, 2.24) is 19.2 Å². The number of carbonyl (C=O) groups is 1. The molecule has 0 aliphatic carbocycles. The number of halogens is 3. The van der Waals surface area contributed by atoms with Gasteiger partial charge in [-0.15, -0.1) is 0 Å². The van der Waals surface area contributed by atoms with Gasteiger partial charge in [-0.1, -0.05) is 0 Å². The third-order valence-electron chi connectivity index (χ3n) is 4.71. The Balaban J connectivity index is 1.66. The molecule has 1 amide bonds. The number of hydrogen-bond donors (Lipinski definition) is 0. The van der Waals surface area contributed by atoms with E-state index < -0.39 is 21.9 Å². The van der Waals surface area contributed by atoms with Crippen LogP contribution in [0.4, 0.5) is 19.0 Å². The van der Waals surface area contributed by atoms with Gasteiger partial charge < -0.3 is 9.80 Å². The van der Waals surface area contributed by atoms with Crippen molar-refractivity contribution < 1.29 is 26.4 Å². The van der Waals surface area contributed by atoms with Gasteiger partial charge in [0, 0.05) is 51.9 Å². The number of anilines is 1. The Hall–Kier alpha value is -2.73. The largest absolute Gasteiger partial charge is 0.433 e. The number of rotatable bonds is 4. The zero-order valence-electron chi connectivity index (χ0n) is 16.3. The van der Waals surface area contributed by atoms with E-state index in [1.54, 1.807) is 9.80 Å². The minimum absolute atomic E-state index is 0.0816. The zero-order chi connectivity index (χ0) is 22.1. The molecule has 1 aromatic carbocycles. The number of benzene rings is 1. The van der Waals surface area contributed by atoms with E-state index in [0.29, 0.717) is 31.7 Å². The average Bonchev–Trinajstić information content (AvgIpc) is 2.73. The lowest BCUT2D eigenvalue weighted by Gasteiger charge is -2.35. The highest BCUT2D eigenvalue weighted by atomic mass is 32.2. The van der Waals surface area contributed by atoms with Crippen molar-refractivity contribution in [3.63, 3.8) is 0 Å². The van der Waals surface area contributed by atoms with E-state index in [-0.39, 0.29) is 16.6 Å². The fraction of sp³-hybridized carbons (Fsp3) is 0.389. The standard InChI is InChI=1S/C18H20F3N5O3S/c1-24(2)30(28,29)14-5-3-13(4-6-14)17(27)26-9-7-25(8-10-26)16-11-15(18(19,20)21)22-12-23-16/h3-6,11-12H,7-10H2,1-2H3. The van der Waals surface area contributed by atoms with Crippen molar-refractivity contribution in [1.29, 1.82) is 0 Å². The highest BCUT2D eigenvalue weighted by Gasteiger charge is 2.33. The molecule has 1 saturated heterocycles. The van der Waals surface area contributed by atoms with E-state index in [1.165, 1.54) is 38.4 Å². The summed E-state index contributed by atoms with van der Waals surface area (Å²) in [5, 5.41) is 0. The van der Waals surface area contributed by atoms with Gasteiger partial charge in [0.25, 0.3) is 5.91 Å². The summed E-state index contributed by atoms with van der Waals surface area (Å²) in [6.45, 7) is 1.21. The molecule has 0 atom stereocenters. The Labute approximate surface area is 172 Å². The molecule has 0 saturated carbocycles. The van der Waals surface area contributed by atoms with Crippen LogP contribution in [0.3, 0.4) is 0 Å². The van der Waals surface area contributed by atoms with Gasteiger partial charge >= 0.3 is 6.18 Å². The van der Waals surface area contributed by atoms with Gasteiger partial charge in [0.15, 0.2) is 0 Å². The molecule has 1 aliphatic heterocycles. The molecule has 30 heavy (non-hydrogen) atoms. The van der Waals surface area contributed by atoms with Crippen LogP contribution >= 0.6 is 0 Å². The molecule has 0 bridgehead atoms. The highest BCUT2D eigenvalue weighted by Crippen LogP contribution is 2.29. The lowest BCUT2D eigenvalue weighted by molar-refractivity contribution is -0.141. The summed E-state index contributed by atoms with van der Waals surface area (Å²) in [5.41, 5.74) is -0.679. The van der Waals surface area contributed by atoms with E-state index in [9.17, 15) is 26.4 Å². The summed E-state index contributed by atoms with van der Waals surface area (Å²) in [6, 6.07) is 6.54. The first-order valence-corrected chi connectivity index (χ1v) is 10.4. The smallest absolute Gasteiger partial charge is 0.353 e. The first-order chi connectivity index (χ1) is 14.0. The first kappa shape index (κ1) is 22.0. The van der Waals surface area contributed by atoms with Gasteiger partial charge in [-0.05, 0) is 24.3 Å². The maximum absolute atomic E-state index is 12.8. The van der Waals surface area contributed by atoms with Crippen molar-refractivity contribution >= 4 is 21.7 Å². The maximum Gasteiger partial charge on any atom is 0.433 e. The summed E-state index contributed by atoms with van der Waals surface area (Å²) in [4.78, 5) is 23.2. The van der Waals surface area contributed by atoms with E-state index in [2.05, 4.69) is 9.97 Å². The van der Waals surface area contributed by atoms with E-state index in [1.807, 2.05) is 0 Å². The number of piperazine rings is 1.